The lowest BCUT2D eigenvalue weighted by Gasteiger charge is -2.00. The van der Waals surface area contributed by atoms with E-state index < -0.39 is 0 Å². The molecule has 0 aromatic rings. The first kappa shape index (κ1) is 5.38. The molecule has 0 radical (unpaired) electrons. The Bertz CT molecular complexity index is 91.1. The van der Waals surface area contributed by atoms with Gasteiger partial charge in [0.05, 0.1) is 12.9 Å². The normalized spacial score (nSPS) is 27.0. The van der Waals surface area contributed by atoms with Gasteiger partial charge in [0, 0.05) is 0 Å². The monoisotopic (exact) mass is 112 g/mol. The van der Waals surface area contributed by atoms with E-state index in [9.17, 15) is 0 Å². The van der Waals surface area contributed by atoms with Gasteiger partial charge in [0.2, 0.25) is 0 Å². The Labute approximate surface area is 48.4 Å². The van der Waals surface area contributed by atoms with Gasteiger partial charge in [0.25, 0.3) is 0 Å². The molecule has 2 nitrogen and oxygen atoms in total. The van der Waals surface area contributed by atoms with E-state index in [4.69, 9.17) is 9.47 Å². The van der Waals surface area contributed by atoms with E-state index in [-0.39, 0.29) is 0 Å². The average molecular weight is 112 g/mol. The van der Waals surface area contributed by atoms with Crippen molar-refractivity contribution >= 4 is 0 Å². The molecule has 1 aliphatic rings. The molecule has 0 fully saturated rings. The third-order valence-electron chi connectivity index (χ3n) is 0.787. The van der Waals surface area contributed by atoms with Gasteiger partial charge in [-0.1, -0.05) is 12.2 Å². The molecular weight excluding hydrogens is 104 g/mol. The maximum absolute atomic E-state index is 4.91. The predicted molar refractivity (Wildman–Crippen MR) is 30.2 cm³/mol. The Balaban J connectivity index is 2.33. The molecule has 0 aliphatic carbocycles. The highest BCUT2D eigenvalue weighted by Crippen LogP contribution is 1.87. The van der Waals surface area contributed by atoms with Crippen molar-refractivity contribution in [3.63, 3.8) is 0 Å². The van der Waals surface area contributed by atoms with Gasteiger partial charge in [-0.2, -0.15) is 0 Å². The van der Waals surface area contributed by atoms with Gasteiger partial charge < -0.3 is 9.47 Å². The van der Waals surface area contributed by atoms with Crippen molar-refractivity contribution < 1.29 is 9.47 Å². The number of rotatable bonds is 0. The largest absolute Gasteiger partial charge is 0.475 e. The molecule has 8 heavy (non-hydrogen) atoms. The number of allylic oxidation sites excluding steroid dienone is 2. The van der Waals surface area contributed by atoms with Gasteiger partial charge in [-0.15, -0.1) is 0 Å². The SMILES string of the molecule is C1=C\COCO\C=C/1. The standard InChI is InChI=1S/C6H8O2/c1-2-4-7-6-8-5-3-1/h1-4H,5-6H2/b3-1-,4-2-. The van der Waals surface area contributed by atoms with Crippen LogP contribution in [0.5, 0.6) is 0 Å². The van der Waals surface area contributed by atoms with E-state index in [0.29, 0.717) is 13.4 Å². The fourth-order valence-corrected chi connectivity index (χ4v) is 0.439. The molecule has 0 saturated heterocycles. The third-order valence-corrected chi connectivity index (χ3v) is 0.787. The quantitative estimate of drug-likeness (QED) is 0.466. The van der Waals surface area contributed by atoms with Gasteiger partial charge in [-0.25, -0.2) is 0 Å². The number of ether oxygens (including phenoxy) is 2. The van der Waals surface area contributed by atoms with Gasteiger partial charge in [-0.3, -0.25) is 0 Å². The Kier molecular flexibility index (Phi) is 2.20. The molecule has 0 amide bonds. The van der Waals surface area contributed by atoms with Crippen LogP contribution < -0.4 is 0 Å². The second kappa shape index (κ2) is 3.27. The molecule has 0 saturated carbocycles. The molecule has 0 unspecified atom stereocenters. The zero-order valence-electron chi connectivity index (χ0n) is 4.54. The highest BCUT2D eigenvalue weighted by molar-refractivity contribution is 5.00. The minimum atomic E-state index is 0.362. The van der Waals surface area contributed by atoms with Gasteiger partial charge >= 0.3 is 0 Å². The van der Waals surface area contributed by atoms with Crippen molar-refractivity contribution in [3.8, 4) is 0 Å². The molecule has 0 bridgehead atoms. The minimum Gasteiger partial charge on any atom is -0.475 e. The van der Waals surface area contributed by atoms with Crippen LogP contribution in [0.1, 0.15) is 0 Å². The molecule has 0 atom stereocenters. The van der Waals surface area contributed by atoms with Gasteiger partial charge in [0.1, 0.15) is 0 Å². The summed E-state index contributed by atoms with van der Waals surface area (Å²) in [5.41, 5.74) is 0. The molecule has 1 rings (SSSR count). The van der Waals surface area contributed by atoms with Crippen LogP contribution in [0.15, 0.2) is 24.5 Å². The predicted octanol–water partition coefficient (Wildman–Crippen LogP) is 1.06. The van der Waals surface area contributed by atoms with Crippen molar-refractivity contribution in [2.75, 3.05) is 13.4 Å². The lowest BCUT2D eigenvalue weighted by Crippen LogP contribution is -1.96. The van der Waals surface area contributed by atoms with Crippen LogP contribution >= 0.6 is 0 Å². The summed E-state index contributed by atoms with van der Waals surface area (Å²) in [6, 6.07) is 0. The lowest BCUT2D eigenvalue weighted by molar-refractivity contribution is 0.000973. The van der Waals surface area contributed by atoms with Crippen molar-refractivity contribution in [3.05, 3.63) is 24.5 Å². The van der Waals surface area contributed by atoms with Crippen LogP contribution in [0.25, 0.3) is 0 Å². The van der Waals surface area contributed by atoms with Crippen LogP contribution in [0, 0.1) is 0 Å². The highest BCUT2D eigenvalue weighted by Gasteiger charge is 1.81. The molecular formula is C6H8O2. The second-order valence-corrected chi connectivity index (χ2v) is 1.41. The summed E-state index contributed by atoms with van der Waals surface area (Å²) in [7, 11) is 0. The molecule has 0 aromatic carbocycles. The number of hydrogen-bond acceptors (Lipinski definition) is 2. The Morgan fingerprint density at radius 2 is 2.25 bits per heavy atom. The topological polar surface area (TPSA) is 18.5 Å². The van der Waals surface area contributed by atoms with E-state index in [0.717, 1.165) is 0 Å². The van der Waals surface area contributed by atoms with Crippen LogP contribution in [0.2, 0.25) is 0 Å². The van der Waals surface area contributed by atoms with Crippen LogP contribution in [0.4, 0.5) is 0 Å². The molecule has 1 aliphatic heterocycles. The first-order chi connectivity index (χ1) is 4.00. The Morgan fingerprint density at radius 3 is 3.25 bits per heavy atom. The van der Waals surface area contributed by atoms with E-state index in [1.807, 2.05) is 18.2 Å². The summed E-state index contributed by atoms with van der Waals surface area (Å²) in [4.78, 5) is 0. The van der Waals surface area contributed by atoms with Crippen molar-refractivity contribution in [1.82, 2.24) is 0 Å². The van der Waals surface area contributed by atoms with Gasteiger partial charge in [0.15, 0.2) is 6.79 Å². The summed E-state index contributed by atoms with van der Waals surface area (Å²) in [5.74, 6) is 0. The van der Waals surface area contributed by atoms with E-state index in [2.05, 4.69) is 0 Å². The average Bonchev–Trinajstić information content (AvgIpc) is 1.62. The third kappa shape index (κ3) is 1.80. The lowest BCUT2D eigenvalue weighted by atomic mass is 10.5. The van der Waals surface area contributed by atoms with Crippen molar-refractivity contribution in [2.45, 2.75) is 0 Å². The first-order valence-electron chi connectivity index (χ1n) is 2.51. The van der Waals surface area contributed by atoms with Crippen molar-refractivity contribution in [2.24, 2.45) is 0 Å². The zero-order chi connectivity index (χ0) is 5.66. The fraction of sp³-hybridized carbons (Fsp3) is 0.333. The molecule has 0 aromatic heterocycles. The zero-order valence-corrected chi connectivity index (χ0v) is 4.54. The molecule has 0 spiro atoms. The van der Waals surface area contributed by atoms with E-state index in [1.54, 1.807) is 6.26 Å². The summed E-state index contributed by atoms with van der Waals surface area (Å²) >= 11 is 0. The summed E-state index contributed by atoms with van der Waals surface area (Å²) in [5, 5.41) is 0. The summed E-state index contributed by atoms with van der Waals surface area (Å²) < 4.78 is 9.73. The Hall–Kier alpha value is -0.760. The van der Waals surface area contributed by atoms with Crippen LogP contribution in [-0.2, 0) is 9.47 Å². The van der Waals surface area contributed by atoms with Crippen molar-refractivity contribution in [1.29, 1.82) is 0 Å². The molecule has 1 heterocycles. The molecule has 0 N–H and O–H groups in total. The second-order valence-electron chi connectivity index (χ2n) is 1.41. The highest BCUT2D eigenvalue weighted by atomic mass is 16.7. The summed E-state index contributed by atoms with van der Waals surface area (Å²) in [6.07, 6.45) is 7.26. The van der Waals surface area contributed by atoms with Crippen LogP contribution in [0.3, 0.4) is 0 Å². The maximum atomic E-state index is 4.91. The fourth-order valence-electron chi connectivity index (χ4n) is 0.439. The minimum absolute atomic E-state index is 0.362. The molecule has 44 valence electrons. The number of hydrogen-bond donors (Lipinski definition) is 0. The first-order valence-corrected chi connectivity index (χ1v) is 2.51. The van der Waals surface area contributed by atoms with E-state index >= 15 is 0 Å². The summed E-state index contributed by atoms with van der Waals surface area (Å²) in [6.45, 7) is 1.01. The smallest absolute Gasteiger partial charge is 0.188 e. The Morgan fingerprint density at radius 1 is 1.25 bits per heavy atom. The van der Waals surface area contributed by atoms with Crippen LogP contribution in [-0.4, -0.2) is 13.4 Å². The van der Waals surface area contributed by atoms with Gasteiger partial charge in [-0.05, 0) is 6.08 Å². The molecule has 2 heteroatoms. The maximum Gasteiger partial charge on any atom is 0.188 e. The van der Waals surface area contributed by atoms with E-state index in [1.165, 1.54) is 0 Å².